The number of benzene rings is 1. The van der Waals surface area contributed by atoms with E-state index in [-0.39, 0.29) is 11.1 Å². The first-order chi connectivity index (χ1) is 10.3. The first-order valence-electron chi connectivity index (χ1n) is 6.66. The Labute approximate surface area is 131 Å². The molecule has 3 nitrogen and oxygen atoms in total. The Morgan fingerprint density at radius 1 is 1.35 bits per heavy atom. The van der Waals surface area contributed by atoms with Crippen LogP contribution in [-0.2, 0) is 5.41 Å². The van der Waals surface area contributed by atoms with Gasteiger partial charge in [-0.1, -0.05) is 19.9 Å². The minimum Gasteiger partial charge on any atom is -0.380 e. The van der Waals surface area contributed by atoms with E-state index in [4.69, 9.17) is 12.2 Å². The highest BCUT2D eigenvalue weighted by molar-refractivity contribution is 5.94. The van der Waals surface area contributed by atoms with Crippen LogP contribution in [0.2, 0.25) is 0 Å². The zero-order valence-electron chi connectivity index (χ0n) is 12.7. The van der Waals surface area contributed by atoms with Gasteiger partial charge in [-0.25, -0.2) is 4.39 Å². The van der Waals surface area contributed by atoms with Crippen molar-refractivity contribution in [1.82, 2.24) is 0 Å². The van der Waals surface area contributed by atoms with E-state index in [9.17, 15) is 27.5 Å². The molecule has 1 amide bonds. The lowest BCUT2D eigenvalue weighted by atomic mass is 9.72. The second kappa shape index (κ2) is 6.20. The molecule has 126 valence electrons. The van der Waals surface area contributed by atoms with E-state index in [0.717, 1.165) is 12.1 Å². The predicted molar refractivity (Wildman–Crippen MR) is 77.0 cm³/mol. The van der Waals surface area contributed by atoms with E-state index in [1.807, 2.05) is 5.92 Å². The minimum absolute atomic E-state index is 0.103. The third-order valence-corrected chi connectivity index (χ3v) is 3.63. The highest BCUT2D eigenvalue weighted by Crippen LogP contribution is 2.43. The number of hydrogen-bond donors (Lipinski definition) is 2. The molecule has 0 aliphatic heterocycles. The summed E-state index contributed by atoms with van der Waals surface area (Å²) in [6.07, 6.45) is -1.77. The highest BCUT2D eigenvalue weighted by atomic mass is 19.4. The predicted octanol–water partition coefficient (Wildman–Crippen LogP) is 2.91. The smallest absolute Gasteiger partial charge is 0.380 e. The van der Waals surface area contributed by atoms with Crippen molar-refractivity contribution in [1.29, 1.82) is 0 Å². The van der Waals surface area contributed by atoms with E-state index < -0.39 is 41.8 Å². The maximum Gasteiger partial charge on any atom is 0.418 e. The van der Waals surface area contributed by atoms with Crippen LogP contribution < -0.4 is 5.73 Å². The number of alkyl halides is 3. The number of aliphatic hydroxyl groups is 1. The van der Waals surface area contributed by atoms with Crippen LogP contribution in [0.1, 0.15) is 42.6 Å². The SMILES string of the molecule is C#CC[C@@](O)(CC(C)(C)c1ccc(F)cc1C(N)=O)C(F)(F)F. The maximum absolute atomic E-state index is 13.3. The number of rotatable bonds is 5. The molecule has 0 saturated carbocycles. The second-order valence-corrected chi connectivity index (χ2v) is 6.03. The summed E-state index contributed by atoms with van der Waals surface area (Å²) in [5.74, 6) is 0.0991. The number of primary amides is 1. The van der Waals surface area contributed by atoms with Gasteiger partial charge in [0, 0.05) is 12.0 Å². The molecule has 0 radical (unpaired) electrons. The van der Waals surface area contributed by atoms with Crippen molar-refractivity contribution < 1.29 is 27.5 Å². The fourth-order valence-electron chi connectivity index (χ4n) is 2.57. The van der Waals surface area contributed by atoms with Crippen LogP contribution in [0.3, 0.4) is 0 Å². The van der Waals surface area contributed by atoms with E-state index in [2.05, 4.69) is 0 Å². The summed E-state index contributed by atoms with van der Waals surface area (Å²) in [5, 5.41) is 9.97. The Bertz CT molecular complexity index is 646. The van der Waals surface area contributed by atoms with Gasteiger partial charge in [0.05, 0.1) is 0 Å². The van der Waals surface area contributed by atoms with Crippen molar-refractivity contribution in [2.45, 2.75) is 43.9 Å². The molecule has 0 bridgehead atoms. The molecule has 1 rings (SSSR count). The maximum atomic E-state index is 13.3. The summed E-state index contributed by atoms with van der Waals surface area (Å²) < 4.78 is 52.8. The molecule has 0 unspecified atom stereocenters. The summed E-state index contributed by atoms with van der Waals surface area (Å²) in [7, 11) is 0. The summed E-state index contributed by atoms with van der Waals surface area (Å²) in [5.41, 5.74) is 0.568. The zero-order valence-corrected chi connectivity index (χ0v) is 12.7. The third-order valence-electron chi connectivity index (χ3n) is 3.63. The van der Waals surface area contributed by atoms with E-state index >= 15 is 0 Å². The fraction of sp³-hybridized carbons (Fsp3) is 0.438. The summed E-state index contributed by atoms with van der Waals surface area (Å²) >= 11 is 0. The Morgan fingerprint density at radius 3 is 2.35 bits per heavy atom. The molecule has 0 aromatic heterocycles. The molecule has 1 atom stereocenters. The summed E-state index contributed by atoms with van der Waals surface area (Å²) in [6, 6.07) is 3.05. The van der Waals surface area contributed by atoms with Gasteiger partial charge >= 0.3 is 6.18 Å². The third kappa shape index (κ3) is 4.02. The molecule has 0 fully saturated rings. The summed E-state index contributed by atoms with van der Waals surface area (Å²) in [6.45, 7) is 2.78. The van der Waals surface area contributed by atoms with Crippen LogP contribution in [0, 0.1) is 18.2 Å². The quantitative estimate of drug-likeness (QED) is 0.644. The molecule has 1 aromatic rings. The van der Waals surface area contributed by atoms with Gasteiger partial charge in [0.15, 0.2) is 5.60 Å². The first-order valence-corrected chi connectivity index (χ1v) is 6.66. The Morgan fingerprint density at radius 2 is 1.91 bits per heavy atom. The van der Waals surface area contributed by atoms with Crippen molar-refractivity contribution in [3.63, 3.8) is 0 Å². The van der Waals surface area contributed by atoms with Gasteiger partial charge in [0.25, 0.3) is 0 Å². The van der Waals surface area contributed by atoms with Gasteiger partial charge in [-0.15, -0.1) is 12.3 Å². The zero-order chi connectivity index (χ0) is 18.1. The van der Waals surface area contributed by atoms with Crippen LogP contribution in [0.4, 0.5) is 17.6 Å². The molecule has 1 aromatic carbocycles. The molecule has 0 aliphatic carbocycles. The van der Waals surface area contributed by atoms with Crippen LogP contribution in [-0.4, -0.2) is 22.8 Å². The van der Waals surface area contributed by atoms with Crippen molar-refractivity contribution >= 4 is 5.91 Å². The Hall–Kier alpha value is -2.07. The van der Waals surface area contributed by atoms with E-state index in [1.54, 1.807) is 0 Å². The standard InChI is InChI=1S/C16H17F4NO2/c1-4-7-15(23,16(18,19)20)9-14(2,3)12-6-5-10(17)8-11(12)13(21)22/h1,5-6,8,23H,7,9H2,2-3H3,(H2,21,22)/t15-/m1/s1. The molecule has 23 heavy (non-hydrogen) atoms. The number of carbonyl (C=O) groups is 1. The molecule has 0 spiro atoms. The van der Waals surface area contributed by atoms with Gasteiger partial charge in [-0.3, -0.25) is 4.79 Å². The molecule has 0 heterocycles. The van der Waals surface area contributed by atoms with Gasteiger partial charge in [0.1, 0.15) is 5.82 Å². The van der Waals surface area contributed by atoms with Gasteiger partial charge in [-0.2, -0.15) is 13.2 Å². The molecular formula is C16H17F4NO2. The van der Waals surface area contributed by atoms with Crippen molar-refractivity contribution in [3.05, 3.63) is 35.1 Å². The largest absolute Gasteiger partial charge is 0.418 e. The Kier molecular flexibility index (Phi) is 5.12. The summed E-state index contributed by atoms with van der Waals surface area (Å²) in [4.78, 5) is 11.4. The van der Waals surface area contributed by atoms with Crippen LogP contribution >= 0.6 is 0 Å². The number of halogens is 4. The van der Waals surface area contributed by atoms with Crippen molar-refractivity contribution in [2.24, 2.45) is 5.73 Å². The lowest BCUT2D eigenvalue weighted by molar-refractivity contribution is -0.264. The van der Waals surface area contributed by atoms with Crippen LogP contribution in [0.15, 0.2) is 18.2 Å². The van der Waals surface area contributed by atoms with Crippen LogP contribution in [0.5, 0.6) is 0 Å². The van der Waals surface area contributed by atoms with E-state index in [1.165, 1.54) is 19.9 Å². The van der Waals surface area contributed by atoms with Crippen molar-refractivity contribution in [2.75, 3.05) is 0 Å². The van der Waals surface area contributed by atoms with Gasteiger partial charge in [0.2, 0.25) is 5.91 Å². The topological polar surface area (TPSA) is 63.3 Å². The normalized spacial score (nSPS) is 14.9. The lowest BCUT2D eigenvalue weighted by Crippen LogP contribution is -2.49. The number of amides is 1. The molecular weight excluding hydrogens is 314 g/mol. The van der Waals surface area contributed by atoms with Gasteiger partial charge < -0.3 is 10.8 Å². The number of nitrogens with two attached hydrogens (primary N) is 1. The monoisotopic (exact) mass is 331 g/mol. The molecule has 7 heteroatoms. The fourth-order valence-corrected chi connectivity index (χ4v) is 2.57. The van der Waals surface area contributed by atoms with Crippen LogP contribution in [0.25, 0.3) is 0 Å². The highest BCUT2D eigenvalue weighted by Gasteiger charge is 2.55. The first kappa shape index (κ1) is 19.0. The lowest BCUT2D eigenvalue weighted by Gasteiger charge is -2.37. The average molecular weight is 331 g/mol. The number of terminal acetylenes is 1. The minimum atomic E-state index is -4.95. The Balaban J connectivity index is 3.37. The average Bonchev–Trinajstić information content (AvgIpc) is 2.36. The second-order valence-electron chi connectivity index (χ2n) is 6.03. The van der Waals surface area contributed by atoms with E-state index in [0.29, 0.717) is 0 Å². The molecule has 0 saturated heterocycles. The molecule has 0 aliphatic rings. The van der Waals surface area contributed by atoms with Crippen molar-refractivity contribution in [3.8, 4) is 12.3 Å². The number of hydrogen-bond acceptors (Lipinski definition) is 2. The molecule has 3 N–H and O–H groups in total. The number of carbonyl (C=O) groups excluding carboxylic acids is 1. The van der Waals surface area contributed by atoms with Gasteiger partial charge in [-0.05, 0) is 29.5 Å².